The third-order valence-corrected chi connectivity index (χ3v) is 4.21. The highest BCUT2D eigenvalue weighted by atomic mass is 35.5. The van der Waals surface area contributed by atoms with E-state index in [2.05, 4.69) is 11.8 Å². The van der Waals surface area contributed by atoms with E-state index in [1.807, 2.05) is 7.85 Å². The highest BCUT2D eigenvalue weighted by molar-refractivity contribution is 6.26. The van der Waals surface area contributed by atoms with E-state index in [-0.39, 0.29) is 31.4 Å². The highest BCUT2D eigenvalue weighted by Crippen LogP contribution is 2.34. The Morgan fingerprint density at radius 2 is 2.05 bits per heavy atom. The van der Waals surface area contributed by atoms with Crippen LogP contribution in [-0.4, -0.2) is 55.2 Å². The number of aliphatic hydroxyl groups is 1. The number of unbranched alkanes of at least 4 members (excludes halogenated alkanes) is 1. The van der Waals surface area contributed by atoms with Gasteiger partial charge in [0, 0.05) is 18.5 Å². The summed E-state index contributed by atoms with van der Waals surface area (Å²) in [6, 6.07) is 0. The number of hydrogen-bond donors (Lipinski definition) is 2. The van der Waals surface area contributed by atoms with Gasteiger partial charge in [-0.2, -0.15) is 0 Å². The van der Waals surface area contributed by atoms with Crippen LogP contribution in [0.25, 0.3) is 0 Å². The number of carboxylic acids is 1. The predicted octanol–water partition coefficient (Wildman–Crippen LogP) is 1.60. The molecule has 1 rings (SSSR count). The van der Waals surface area contributed by atoms with E-state index < -0.39 is 11.3 Å². The van der Waals surface area contributed by atoms with E-state index in [0.29, 0.717) is 12.3 Å². The summed E-state index contributed by atoms with van der Waals surface area (Å²) in [5, 5.41) is 17.9. The van der Waals surface area contributed by atoms with Gasteiger partial charge in [0.2, 0.25) is 0 Å². The first-order valence-electron chi connectivity index (χ1n) is 7.08. The third kappa shape index (κ3) is 6.66. The first-order chi connectivity index (χ1) is 8.51. The molecule has 1 aliphatic heterocycles. The van der Waals surface area contributed by atoms with E-state index >= 15 is 0 Å². The molecular formula is C13H28BCl2NO3. The molecule has 4 nitrogen and oxygen atoms in total. The Morgan fingerprint density at radius 3 is 2.50 bits per heavy atom. The zero-order valence-corrected chi connectivity index (χ0v) is 14.1. The summed E-state index contributed by atoms with van der Waals surface area (Å²) in [6.45, 7) is 5.09. The molecule has 2 N–H and O–H groups in total. The largest absolute Gasteiger partial charge is 0.481 e. The molecule has 1 saturated heterocycles. The number of likely N-dealkylation sites (tertiary alicyclic amines) is 1. The summed E-state index contributed by atoms with van der Waals surface area (Å²) >= 11 is 0. The van der Waals surface area contributed by atoms with Crippen molar-refractivity contribution in [1.82, 2.24) is 4.90 Å². The van der Waals surface area contributed by atoms with Crippen molar-refractivity contribution in [2.24, 2.45) is 5.92 Å². The van der Waals surface area contributed by atoms with Crippen molar-refractivity contribution in [3.8, 4) is 0 Å². The zero-order valence-electron chi connectivity index (χ0n) is 12.5. The molecule has 0 spiro atoms. The van der Waals surface area contributed by atoms with Crippen LogP contribution in [0.2, 0.25) is 5.31 Å². The number of hydrogen-bond acceptors (Lipinski definition) is 3. The van der Waals surface area contributed by atoms with Gasteiger partial charge in [-0.15, -0.1) is 24.8 Å². The SMILES string of the molecule is BC(CCCC)(CCN1CCC(CO)C1)C(=O)O.Cl.Cl. The van der Waals surface area contributed by atoms with Gasteiger partial charge in [-0.1, -0.05) is 19.8 Å². The van der Waals surface area contributed by atoms with Crippen molar-refractivity contribution < 1.29 is 15.0 Å². The number of aliphatic carboxylic acids is 1. The molecule has 1 fully saturated rings. The lowest BCUT2D eigenvalue weighted by Crippen LogP contribution is -2.31. The standard InChI is InChI=1S/C13H26BNO3.2ClH/c1-2-3-5-13(14,12(17)18)6-8-15-7-4-11(9-15)10-16;;/h11,16H,2-10,14H2,1H3,(H,17,18);2*1H. The van der Waals surface area contributed by atoms with Gasteiger partial charge in [0.15, 0.2) is 0 Å². The van der Waals surface area contributed by atoms with E-state index in [4.69, 9.17) is 5.11 Å². The Bertz CT molecular complexity index is 284. The van der Waals surface area contributed by atoms with Crippen molar-refractivity contribution >= 4 is 38.6 Å². The molecule has 1 aliphatic rings. The summed E-state index contributed by atoms with van der Waals surface area (Å²) in [7, 11) is 1.87. The van der Waals surface area contributed by atoms with Gasteiger partial charge in [-0.3, -0.25) is 4.79 Å². The summed E-state index contributed by atoms with van der Waals surface area (Å²) < 4.78 is 0. The fourth-order valence-corrected chi connectivity index (χ4v) is 2.58. The lowest BCUT2D eigenvalue weighted by molar-refractivity contribution is -0.141. The topological polar surface area (TPSA) is 60.8 Å². The van der Waals surface area contributed by atoms with Crippen molar-refractivity contribution in [3.05, 3.63) is 0 Å². The minimum absolute atomic E-state index is 0. The van der Waals surface area contributed by atoms with Crippen LogP contribution in [0, 0.1) is 5.92 Å². The maximum Gasteiger partial charge on any atom is 0.301 e. The van der Waals surface area contributed by atoms with E-state index in [9.17, 15) is 9.90 Å². The van der Waals surface area contributed by atoms with Crippen LogP contribution in [0.1, 0.15) is 39.0 Å². The van der Waals surface area contributed by atoms with E-state index in [1.54, 1.807) is 0 Å². The molecule has 2 unspecified atom stereocenters. The molecule has 1 heterocycles. The Balaban J connectivity index is 0. The van der Waals surface area contributed by atoms with Crippen LogP contribution in [0.15, 0.2) is 0 Å². The molecule has 0 amide bonds. The second kappa shape index (κ2) is 10.7. The fourth-order valence-electron chi connectivity index (χ4n) is 2.58. The number of halogens is 2. The number of rotatable bonds is 8. The lowest BCUT2D eigenvalue weighted by atomic mass is 9.63. The number of aliphatic hydroxyl groups excluding tert-OH is 1. The smallest absolute Gasteiger partial charge is 0.301 e. The molecule has 20 heavy (non-hydrogen) atoms. The monoisotopic (exact) mass is 327 g/mol. The Kier molecular flexibility index (Phi) is 12.0. The van der Waals surface area contributed by atoms with Gasteiger partial charge < -0.3 is 15.1 Å². The average Bonchev–Trinajstić information content (AvgIpc) is 2.81. The molecule has 0 aromatic carbocycles. The van der Waals surface area contributed by atoms with Crippen LogP contribution in [0.4, 0.5) is 0 Å². The quantitative estimate of drug-likeness (QED) is 0.665. The summed E-state index contributed by atoms with van der Waals surface area (Å²) in [5.41, 5.74) is 0. The molecule has 0 aromatic heterocycles. The van der Waals surface area contributed by atoms with Crippen LogP contribution in [-0.2, 0) is 4.79 Å². The first kappa shape index (κ1) is 22.3. The summed E-state index contributed by atoms with van der Waals surface area (Å²) in [4.78, 5) is 13.7. The lowest BCUT2D eigenvalue weighted by Gasteiger charge is -2.27. The molecular weight excluding hydrogens is 300 g/mol. The van der Waals surface area contributed by atoms with E-state index in [0.717, 1.165) is 45.3 Å². The van der Waals surface area contributed by atoms with Gasteiger partial charge in [0.25, 0.3) is 0 Å². The number of nitrogens with zero attached hydrogens (tertiary/aromatic N) is 1. The Labute approximate surface area is 135 Å². The summed E-state index contributed by atoms with van der Waals surface area (Å²) in [5.74, 6) is -0.286. The molecule has 0 aromatic rings. The molecule has 2 atom stereocenters. The van der Waals surface area contributed by atoms with E-state index in [1.165, 1.54) is 0 Å². The van der Waals surface area contributed by atoms with Gasteiger partial charge in [-0.25, -0.2) is 0 Å². The van der Waals surface area contributed by atoms with Gasteiger partial charge >= 0.3 is 5.97 Å². The van der Waals surface area contributed by atoms with Gasteiger partial charge in [0.1, 0.15) is 7.85 Å². The van der Waals surface area contributed by atoms with Crippen LogP contribution < -0.4 is 0 Å². The molecule has 0 saturated carbocycles. The minimum Gasteiger partial charge on any atom is -0.481 e. The van der Waals surface area contributed by atoms with Crippen molar-refractivity contribution in [2.75, 3.05) is 26.2 Å². The number of carbonyl (C=O) groups is 1. The zero-order chi connectivity index (χ0) is 13.6. The van der Waals surface area contributed by atoms with Crippen LogP contribution in [0.3, 0.4) is 0 Å². The third-order valence-electron chi connectivity index (χ3n) is 4.21. The molecule has 0 bridgehead atoms. The Morgan fingerprint density at radius 1 is 1.40 bits per heavy atom. The van der Waals surface area contributed by atoms with Crippen molar-refractivity contribution in [1.29, 1.82) is 0 Å². The second-order valence-corrected chi connectivity index (χ2v) is 5.86. The molecule has 0 aliphatic carbocycles. The summed E-state index contributed by atoms with van der Waals surface area (Å²) in [6.07, 6.45) is 4.52. The molecule has 120 valence electrons. The van der Waals surface area contributed by atoms with Crippen LogP contribution in [0.5, 0.6) is 0 Å². The van der Waals surface area contributed by atoms with Gasteiger partial charge in [-0.05, 0) is 38.3 Å². The second-order valence-electron chi connectivity index (χ2n) is 5.86. The molecule has 0 radical (unpaired) electrons. The highest BCUT2D eigenvalue weighted by Gasteiger charge is 2.33. The Hall–Kier alpha value is 0.0349. The van der Waals surface area contributed by atoms with Crippen LogP contribution >= 0.6 is 24.8 Å². The maximum absolute atomic E-state index is 11.4. The minimum atomic E-state index is -0.672. The average molecular weight is 328 g/mol. The fraction of sp³-hybridized carbons (Fsp3) is 0.923. The maximum atomic E-state index is 11.4. The number of carboxylic acid groups (broad SMARTS) is 1. The van der Waals surface area contributed by atoms with Crippen molar-refractivity contribution in [3.63, 3.8) is 0 Å². The first-order valence-corrected chi connectivity index (χ1v) is 7.08. The van der Waals surface area contributed by atoms with Crippen molar-refractivity contribution in [2.45, 2.75) is 44.3 Å². The molecule has 7 heteroatoms. The normalized spacial score (nSPS) is 21.6. The predicted molar refractivity (Wildman–Crippen MR) is 89.1 cm³/mol. The van der Waals surface area contributed by atoms with Gasteiger partial charge in [0.05, 0.1) is 0 Å².